The van der Waals surface area contributed by atoms with Crippen molar-refractivity contribution >= 4 is 16.6 Å². The molecule has 1 aliphatic rings. The zero-order chi connectivity index (χ0) is 17.9. The number of fused-ring (bicyclic) bond motifs is 1. The molecule has 0 unspecified atom stereocenters. The Balaban J connectivity index is 1.50. The lowest BCUT2D eigenvalue weighted by Crippen LogP contribution is -2.08. The molecule has 1 heterocycles. The number of aromatic nitrogens is 2. The molecule has 3 aromatic rings. The van der Waals surface area contributed by atoms with Gasteiger partial charge in [-0.15, -0.1) is 5.10 Å². The molecule has 0 atom stereocenters. The Kier molecular flexibility index (Phi) is 4.87. The van der Waals surface area contributed by atoms with E-state index in [1.807, 2.05) is 0 Å². The second kappa shape index (κ2) is 7.45. The van der Waals surface area contributed by atoms with Crippen LogP contribution in [0.5, 0.6) is 0 Å². The third kappa shape index (κ3) is 3.72. The summed E-state index contributed by atoms with van der Waals surface area (Å²) in [6, 6.07) is 15.1. The summed E-state index contributed by atoms with van der Waals surface area (Å²) < 4.78 is 0. The van der Waals surface area contributed by atoms with Crippen molar-refractivity contribution in [2.75, 3.05) is 11.9 Å². The van der Waals surface area contributed by atoms with Crippen LogP contribution in [0.1, 0.15) is 41.6 Å². The van der Waals surface area contributed by atoms with E-state index >= 15 is 0 Å². The van der Waals surface area contributed by atoms with Gasteiger partial charge in [-0.05, 0) is 68.6 Å². The van der Waals surface area contributed by atoms with Gasteiger partial charge in [-0.3, -0.25) is 0 Å². The molecule has 0 radical (unpaired) electrons. The van der Waals surface area contributed by atoms with Gasteiger partial charge < -0.3 is 5.32 Å². The highest BCUT2D eigenvalue weighted by atomic mass is 15.2. The first-order valence-corrected chi connectivity index (χ1v) is 9.75. The van der Waals surface area contributed by atoms with Crippen molar-refractivity contribution in [1.29, 1.82) is 0 Å². The third-order valence-electron chi connectivity index (χ3n) is 5.50. The minimum Gasteiger partial charge on any atom is -0.368 e. The van der Waals surface area contributed by atoms with Crippen molar-refractivity contribution in [3.63, 3.8) is 0 Å². The van der Waals surface area contributed by atoms with E-state index in [0.717, 1.165) is 43.2 Å². The number of anilines is 1. The molecule has 1 N–H and O–H groups in total. The van der Waals surface area contributed by atoms with Crippen LogP contribution < -0.4 is 5.32 Å². The van der Waals surface area contributed by atoms with E-state index in [9.17, 15) is 0 Å². The van der Waals surface area contributed by atoms with E-state index in [1.54, 1.807) is 0 Å². The number of nitrogens with one attached hydrogen (secondary N) is 1. The highest BCUT2D eigenvalue weighted by Crippen LogP contribution is 2.30. The molecule has 0 spiro atoms. The quantitative estimate of drug-likeness (QED) is 0.636. The first-order valence-electron chi connectivity index (χ1n) is 9.75. The minimum absolute atomic E-state index is 0.826. The van der Waals surface area contributed by atoms with Gasteiger partial charge in [-0.1, -0.05) is 42.5 Å². The molecule has 1 aliphatic carbocycles. The summed E-state index contributed by atoms with van der Waals surface area (Å²) in [5.74, 6) is 1.76. The van der Waals surface area contributed by atoms with Gasteiger partial charge in [0.25, 0.3) is 0 Å². The number of hydrogen-bond acceptors (Lipinski definition) is 3. The monoisotopic (exact) mass is 345 g/mol. The fraction of sp³-hybridized carbons (Fsp3) is 0.391. The summed E-state index contributed by atoms with van der Waals surface area (Å²) in [6.45, 7) is 5.43. The highest BCUT2D eigenvalue weighted by molar-refractivity contribution is 5.93. The van der Waals surface area contributed by atoms with Gasteiger partial charge in [0.05, 0.1) is 5.69 Å². The van der Waals surface area contributed by atoms with Crippen molar-refractivity contribution in [2.45, 2.75) is 46.0 Å². The molecular formula is C23H27N3. The molecule has 0 amide bonds. The third-order valence-corrected chi connectivity index (χ3v) is 5.50. The SMILES string of the molecule is Cc1cccc(C)c1CCCc1nnc(NCC2CC2)c2ccccc12. The van der Waals surface area contributed by atoms with Gasteiger partial charge in [0.2, 0.25) is 0 Å². The van der Waals surface area contributed by atoms with Crippen molar-refractivity contribution in [3.05, 3.63) is 64.8 Å². The van der Waals surface area contributed by atoms with Gasteiger partial charge in [0.1, 0.15) is 0 Å². The van der Waals surface area contributed by atoms with Crippen LogP contribution in [0.15, 0.2) is 42.5 Å². The second-order valence-electron chi connectivity index (χ2n) is 7.59. The van der Waals surface area contributed by atoms with Crippen LogP contribution >= 0.6 is 0 Å². The zero-order valence-corrected chi connectivity index (χ0v) is 15.8. The Morgan fingerprint density at radius 2 is 1.62 bits per heavy atom. The van der Waals surface area contributed by atoms with Gasteiger partial charge >= 0.3 is 0 Å². The van der Waals surface area contributed by atoms with Gasteiger partial charge in [0.15, 0.2) is 5.82 Å². The summed E-state index contributed by atoms with van der Waals surface area (Å²) in [5.41, 5.74) is 5.37. The molecule has 1 saturated carbocycles. The minimum atomic E-state index is 0.826. The number of benzene rings is 2. The van der Waals surface area contributed by atoms with Crippen LogP contribution in [0.2, 0.25) is 0 Å². The summed E-state index contributed by atoms with van der Waals surface area (Å²) in [7, 11) is 0. The predicted octanol–water partition coefficient (Wildman–Crippen LogP) is 5.24. The van der Waals surface area contributed by atoms with E-state index < -0.39 is 0 Å². The van der Waals surface area contributed by atoms with Crippen molar-refractivity contribution in [1.82, 2.24) is 10.2 Å². The van der Waals surface area contributed by atoms with Crippen LogP contribution in [-0.2, 0) is 12.8 Å². The normalized spacial score (nSPS) is 13.9. The molecule has 1 aromatic heterocycles. The van der Waals surface area contributed by atoms with Gasteiger partial charge in [0, 0.05) is 17.3 Å². The fourth-order valence-electron chi connectivity index (χ4n) is 3.71. The zero-order valence-electron chi connectivity index (χ0n) is 15.8. The fourth-order valence-corrected chi connectivity index (χ4v) is 3.71. The largest absolute Gasteiger partial charge is 0.368 e. The average Bonchev–Trinajstić information content (AvgIpc) is 3.47. The highest BCUT2D eigenvalue weighted by Gasteiger charge is 2.21. The molecule has 3 heteroatoms. The topological polar surface area (TPSA) is 37.8 Å². The molecular weight excluding hydrogens is 318 g/mol. The Labute approximate surface area is 155 Å². The number of aryl methyl sites for hydroxylation is 3. The molecule has 3 nitrogen and oxygen atoms in total. The van der Waals surface area contributed by atoms with Crippen LogP contribution in [0.3, 0.4) is 0 Å². The number of nitrogens with zero attached hydrogens (tertiary/aromatic N) is 2. The maximum Gasteiger partial charge on any atom is 0.156 e. The summed E-state index contributed by atoms with van der Waals surface area (Å²) in [4.78, 5) is 0. The smallest absolute Gasteiger partial charge is 0.156 e. The summed E-state index contributed by atoms with van der Waals surface area (Å²) >= 11 is 0. The van der Waals surface area contributed by atoms with E-state index in [-0.39, 0.29) is 0 Å². The molecule has 0 saturated heterocycles. The van der Waals surface area contributed by atoms with Crippen molar-refractivity contribution < 1.29 is 0 Å². The Morgan fingerprint density at radius 3 is 2.35 bits per heavy atom. The van der Waals surface area contributed by atoms with Gasteiger partial charge in [-0.2, -0.15) is 5.10 Å². The van der Waals surface area contributed by atoms with Gasteiger partial charge in [-0.25, -0.2) is 0 Å². The summed E-state index contributed by atoms with van der Waals surface area (Å²) in [5, 5.41) is 15.0. The maximum atomic E-state index is 4.57. The maximum absolute atomic E-state index is 4.57. The number of hydrogen-bond donors (Lipinski definition) is 1. The lowest BCUT2D eigenvalue weighted by Gasteiger charge is -2.12. The summed E-state index contributed by atoms with van der Waals surface area (Å²) in [6.07, 6.45) is 5.84. The van der Waals surface area contributed by atoms with Crippen LogP contribution in [0.25, 0.3) is 10.8 Å². The van der Waals surface area contributed by atoms with Crippen LogP contribution in [-0.4, -0.2) is 16.7 Å². The molecule has 134 valence electrons. The number of rotatable bonds is 7. The van der Waals surface area contributed by atoms with E-state index in [0.29, 0.717) is 0 Å². The van der Waals surface area contributed by atoms with Crippen molar-refractivity contribution in [2.24, 2.45) is 5.92 Å². The molecule has 0 bridgehead atoms. The van der Waals surface area contributed by atoms with E-state index in [2.05, 4.69) is 71.8 Å². The lowest BCUT2D eigenvalue weighted by atomic mass is 9.97. The first kappa shape index (κ1) is 17.0. The molecule has 1 fully saturated rings. The molecule has 26 heavy (non-hydrogen) atoms. The van der Waals surface area contributed by atoms with Crippen LogP contribution in [0.4, 0.5) is 5.82 Å². The van der Waals surface area contributed by atoms with E-state index in [1.165, 1.54) is 40.3 Å². The molecule has 4 rings (SSSR count). The van der Waals surface area contributed by atoms with Crippen LogP contribution in [0, 0.1) is 19.8 Å². The Hall–Kier alpha value is -2.42. The first-order chi connectivity index (χ1) is 12.7. The Bertz CT molecular complexity index is 892. The predicted molar refractivity (Wildman–Crippen MR) is 109 cm³/mol. The standard InChI is InChI=1S/C23H27N3/c1-16-7-5-8-17(2)19(16)11-6-12-22-20-9-3-4-10-21(20)23(26-25-22)24-15-18-13-14-18/h3-5,7-10,18H,6,11-15H2,1-2H3,(H,24,26). The molecule has 2 aromatic carbocycles. The average molecular weight is 345 g/mol. The Morgan fingerprint density at radius 1 is 0.885 bits per heavy atom. The lowest BCUT2D eigenvalue weighted by molar-refractivity contribution is 0.779. The van der Waals surface area contributed by atoms with E-state index in [4.69, 9.17) is 0 Å². The van der Waals surface area contributed by atoms with Crippen molar-refractivity contribution in [3.8, 4) is 0 Å². The molecule has 0 aliphatic heterocycles. The second-order valence-corrected chi connectivity index (χ2v) is 7.59.